The molecule has 210 valence electrons. The molecule has 7 nitrogen and oxygen atoms in total. The summed E-state index contributed by atoms with van der Waals surface area (Å²) >= 11 is 5.32. The fourth-order valence-corrected chi connectivity index (χ4v) is 4.07. The number of para-hydroxylation sites is 1. The van der Waals surface area contributed by atoms with E-state index in [0.717, 1.165) is 5.75 Å². The van der Waals surface area contributed by atoms with Crippen LogP contribution >= 0.6 is 12.2 Å². The molecule has 0 radical (unpaired) electrons. The summed E-state index contributed by atoms with van der Waals surface area (Å²) in [5.74, 6) is 0.765. The monoisotopic (exact) mass is 567 g/mol. The maximum atomic E-state index is 12.7. The number of ether oxygens (including phenoxy) is 2. The topological polar surface area (TPSA) is 88.7 Å². The Morgan fingerprint density at radius 2 is 1.24 bits per heavy atom. The number of rotatable bonds is 9. The van der Waals surface area contributed by atoms with Crippen molar-refractivity contribution in [2.75, 3.05) is 23.8 Å². The largest absolute Gasteiger partial charge is 0.490 e. The first-order chi connectivity index (χ1) is 19.7. The van der Waals surface area contributed by atoms with Gasteiger partial charge in [0.2, 0.25) is 0 Å². The van der Waals surface area contributed by atoms with E-state index in [4.69, 9.17) is 21.7 Å². The molecule has 0 spiro atoms. The van der Waals surface area contributed by atoms with Crippen molar-refractivity contribution in [3.8, 4) is 11.5 Å². The lowest BCUT2D eigenvalue weighted by atomic mass is 9.87. The molecule has 0 aliphatic rings. The second-order valence-corrected chi connectivity index (χ2v) is 10.7. The second-order valence-electron chi connectivity index (χ2n) is 10.3. The number of anilines is 2. The molecule has 0 fully saturated rings. The van der Waals surface area contributed by atoms with E-state index in [1.54, 1.807) is 48.5 Å². The van der Waals surface area contributed by atoms with E-state index in [-0.39, 0.29) is 22.3 Å². The molecule has 0 aliphatic heterocycles. The van der Waals surface area contributed by atoms with Crippen molar-refractivity contribution >= 4 is 40.5 Å². The van der Waals surface area contributed by atoms with E-state index in [2.05, 4.69) is 36.7 Å². The maximum Gasteiger partial charge on any atom is 0.257 e. The second kappa shape index (κ2) is 13.6. The molecule has 41 heavy (non-hydrogen) atoms. The summed E-state index contributed by atoms with van der Waals surface area (Å²) in [5, 5.41) is 8.70. The van der Waals surface area contributed by atoms with Crippen LogP contribution in [-0.4, -0.2) is 30.1 Å². The highest BCUT2D eigenvalue weighted by Gasteiger charge is 2.15. The lowest BCUT2D eigenvalue weighted by molar-refractivity contribution is 0.0975. The molecule has 2 amide bonds. The highest BCUT2D eigenvalue weighted by molar-refractivity contribution is 7.80. The van der Waals surface area contributed by atoms with E-state index in [0.29, 0.717) is 41.5 Å². The van der Waals surface area contributed by atoms with Crippen LogP contribution in [0.3, 0.4) is 0 Å². The van der Waals surface area contributed by atoms with Gasteiger partial charge in [0.15, 0.2) is 5.11 Å². The zero-order valence-electron chi connectivity index (χ0n) is 23.3. The molecule has 0 unspecified atom stereocenters. The zero-order valence-corrected chi connectivity index (χ0v) is 24.1. The molecule has 0 aliphatic carbocycles. The normalized spacial score (nSPS) is 10.8. The average molecular weight is 568 g/mol. The molecule has 3 N–H and O–H groups in total. The van der Waals surface area contributed by atoms with Crippen molar-refractivity contribution in [1.82, 2.24) is 5.32 Å². The molecule has 0 bridgehead atoms. The summed E-state index contributed by atoms with van der Waals surface area (Å²) in [6, 6.07) is 31.0. The molecule has 8 heteroatoms. The van der Waals surface area contributed by atoms with E-state index in [9.17, 15) is 9.59 Å². The van der Waals surface area contributed by atoms with Crippen molar-refractivity contribution in [2.24, 2.45) is 0 Å². The van der Waals surface area contributed by atoms with Crippen LogP contribution in [-0.2, 0) is 5.41 Å². The van der Waals surface area contributed by atoms with Gasteiger partial charge in [0, 0.05) is 22.5 Å². The van der Waals surface area contributed by atoms with Crippen LogP contribution in [0.5, 0.6) is 11.5 Å². The molecular formula is C33H33N3O4S. The van der Waals surface area contributed by atoms with Crippen LogP contribution < -0.4 is 25.4 Å². The maximum absolute atomic E-state index is 12.7. The number of amides is 2. The predicted octanol–water partition coefficient (Wildman–Crippen LogP) is 6.82. The van der Waals surface area contributed by atoms with Crippen molar-refractivity contribution < 1.29 is 19.1 Å². The smallest absolute Gasteiger partial charge is 0.257 e. The summed E-state index contributed by atoms with van der Waals surface area (Å²) in [6.07, 6.45) is 0. The number of hydrogen-bond donors (Lipinski definition) is 3. The Hall–Kier alpha value is -4.69. The Bertz CT molecular complexity index is 1480. The molecule has 4 aromatic carbocycles. The van der Waals surface area contributed by atoms with Crippen LogP contribution in [0.25, 0.3) is 0 Å². The van der Waals surface area contributed by atoms with Gasteiger partial charge >= 0.3 is 0 Å². The molecule has 0 heterocycles. The van der Waals surface area contributed by atoms with Gasteiger partial charge in [-0.2, -0.15) is 0 Å². The van der Waals surface area contributed by atoms with E-state index in [1.165, 1.54) is 5.56 Å². The lowest BCUT2D eigenvalue weighted by Gasteiger charge is -2.19. The van der Waals surface area contributed by atoms with Crippen LogP contribution in [0.2, 0.25) is 0 Å². The molecule has 0 saturated carbocycles. The van der Waals surface area contributed by atoms with Gasteiger partial charge in [-0.05, 0) is 89.9 Å². The summed E-state index contributed by atoms with van der Waals surface area (Å²) in [5.41, 5.74) is 3.48. The van der Waals surface area contributed by atoms with Gasteiger partial charge in [-0.25, -0.2) is 0 Å². The third-order valence-corrected chi connectivity index (χ3v) is 6.31. The van der Waals surface area contributed by atoms with Crippen LogP contribution in [0, 0.1) is 0 Å². The number of nitrogens with one attached hydrogen (secondary N) is 3. The SMILES string of the molecule is CC(C)(C)c1ccc(C(=O)Nc2ccc(NC(=S)NC(=O)c3cccc(OCCOc4ccccc4)c3)cc2)cc1. The molecule has 0 aromatic heterocycles. The minimum atomic E-state index is -0.366. The first-order valence-electron chi connectivity index (χ1n) is 13.2. The van der Waals surface area contributed by atoms with Crippen LogP contribution in [0.15, 0.2) is 103 Å². The van der Waals surface area contributed by atoms with Gasteiger partial charge in [0.25, 0.3) is 11.8 Å². The summed E-state index contributed by atoms with van der Waals surface area (Å²) < 4.78 is 11.3. The summed E-state index contributed by atoms with van der Waals surface area (Å²) in [7, 11) is 0. The standard InChI is InChI=1S/C33H33N3O4S/c1-33(2,3)25-14-12-23(13-15-25)30(37)34-26-16-18-27(19-17-26)35-32(41)36-31(38)24-8-7-11-29(22-24)40-21-20-39-28-9-5-4-6-10-28/h4-19,22H,20-21H2,1-3H3,(H,34,37)(H2,35,36,38,41). The summed E-state index contributed by atoms with van der Waals surface area (Å²) in [4.78, 5) is 25.4. The first kappa shape index (κ1) is 29.3. The lowest BCUT2D eigenvalue weighted by Crippen LogP contribution is -2.34. The van der Waals surface area contributed by atoms with Gasteiger partial charge in [0.05, 0.1) is 0 Å². The van der Waals surface area contributed by atoms with Crippen LogP contribution in [0.1, 0.15) is 47.1 Å². The molecule has 4 aromatic rings. The minimum Gasteiger partial charge on any atom is -0.490 e. The fraction of sp³-hybridized carbons (Fsp3) is 0.182. The van der Waals surface area contributed by atoms with Crippen molar-refractivity contribution in [1.29, 1.82) is 0 Å². The first-order valence-corrected chi connectivity index (χ1v) is 13.6. The Balaban J connectivity index is 1.24. The van der Waals surface area contributed by atoms with Gasteiger partial charge in [-0.1, -0.05) is 57.2 Å². The molecule has 4 rings (SSSR count). The minimum absolute atomic E-state index is 0.0227. The molecule has 0 saturated heterocycles. The van der Waals surface area contributed by atoms with E-state index < -0.39 is 0 Å². The number of carbonyl (C=O) groups excluding carboxylic acids is 2. The third kappa shape index (κ3) is 8.91. The fourth-order valence-electron chi connectivity index (χ4n) is 3.86. The zero-order chi connectivity index (χ0) is 29.2. The van der Waals surface area contributed by atoms with Gasteiger partial charge in [0.1, 0.15) is 24.7 Å². The van der Waals surface area contributed by atoms with E-state index >= 15 is 0 Å². The Morgan fingerprint density at radius 1 is 0.659 bits per heavy atom. The third-order valence-electron chi connectivity index (χ3n) is 6.10. The number of hydrogen-bond acceptors (Lipinski definition) is 5. The van der Waals surface area contributed by atoms with Crippen molar-refractivity contribution in [2.45, 2.75) is 26.2 Å². The molecular weight excluding hydrogens is 534 g/mol. The number of benzene rings is 4. The summed E-state index contributed by atoms with van der Waals surface area (Å²) in [6.45, 7) is 7.11. The predicted molar refractivity (Wildman–Crippen MR) is 167 cm³/mol. The quantitative estimate of drug-likeness (QED) is 0.152. The number of carbonyl (C=O) groups is 2. The average Bonchev–Trinajstić information content (AvgIpc) is 2.96. The number of thiocarbonyl (C=S) groups is 1. The Kier molecular flexibility index (Phi) is 9.71. The van der Waals surface area contributed by atoms with Crippen molar-refractivity contribution in [3.05, 3.63) is 120 Å². The van der Waals surface area contributed by atoms with Crippen molar-refractivity contribution in [3.63, 3.8) is 0 Å². The van der Waals surface area contributed by atoms with Gasteiger partial charge in [-0.3, -0.25) is 14.9 Å². The van der Waals surface area contributed by atoms with Gasteiger partial charge < -0.3 is 20.1 Å². The van der Waals surface area contributed by atoms with Crippen LogP contribution in [0.4, 0.5) is 11.4 Å². The molecule has 0 atom stereocenters. The highest BCUT2D eigenvalue weighted by Crippen LogP contribution is 2.23. The highest BCUT2D eigenvalue weighted by atomic mass is 32.1. The van der Waals surface area contributed by atoms with Gasteiger partial charge in [-0.15, -0.1) is 0 Å². The Morgan fingerprint density at radius 3 is 1.88 bits per heavy atom. The van der Waals surface area contributed by atoms with E-state index in [1.807, 2.05) is 54.6 Å². The Labute approximate surface area is 245 Å².